The summed E-state index contributed by atoms with van der Waals surface area (Å²) in [4.78, 5) is 15.1. The summed E-state index contributed by atoms with van der Waals surface area (Å²) in [7, 11) is 1.13. The number of halogens is 3. The van der Waals surface area contributed by atoms with Crippen LogP contribution in [0.25, 0.3) is 11.3 Å². The van der Waals surface area contributed by atoms with Crippen LogP contribution in [0.15, 0.2) is 24.3 Å². The van der Waals surface area contributed by atoms with E-state index in [-0.39, 0.29) is 11.3 Å². The molecule has 0 spiro atoms. The largest absolute Gasteiger partial charge is 0.464 e. The molecule has 0 saturated carbocycles. The van der Waals surface area contributed by atoms with E-state index in [2.05, 4.69) is 9.72 Å². The fraction of sp³-hybridized carbons (Fsp3) is 0.200. The topological polar surface area (TPSA) is 39.2 Å². The predicted octanol–water partition coefficient (Wildman–Crippen LogP) is 3.51. The lowest BCUT2D eigenvalue weighted by Gasteiger charge is -2.10. The average molecular weight is 295 g/mol. The van der Waals surface area contributed by atoms with E-state index in [0.717, 1.165) is 25.3 Å². The summed E-state index contributed by atoms with van der Waals surface area (Å²) in [6, 6.07) is 4.34. The third-order valence-electron chi connectivity index (χ3n) is 3.03. The minimum absolute atomic E-state index is 0.227. The maximum atomic E-state index is 14.3. The number of esters is 1. The van der Waals surface area contributed by atoms with Crippen molar-refractivity contribution in [3.05, 3.63) is 53.0 Å². The number of ether oxygens (including phenoxy) is 1. The number of pyridine rings is 1. The van der Waals surface area contributed by atoms with Gasteiger partial charge in [-0.05, 0) is 30.2 Å². The molecule has 0 radical (unpaired) electrons. The van der Waals surface area contributed by atoms with Gasteiger partial charge in [0.05, 0.1) is 12.7 Å². The molecule has 6 heteroatoms. The minimum atomic E-state index is -0.946. The molecule has 0 N–H and O–H groups in total. The molecule has 0 fully saturated rings. The fourth-order valence-corrected chi connectivity index (χ4v) is 1.92. The van der Waals surface area contributed by atoms with Crippen molar-refractivity contribution in [2.75, 3.05) is 7.11 Å². The molecule has 0 atom stereocenters. The Hall–Kier alpha value is -2.37. The van der Waals surface area contributed by atoms with Crippen molar-refractivity contribution in [2.45, 2.75) is 13.3 Å². The second-order valence-electron chi connectivity index (χ2n) is 4.27. The lowest BCUT2D eigenvalue weighted by atomic mass is 10.0. The predicted molar refractivity (Wildman–Crippen MR) is 70.3 cm³/mol. The van der Waals surface area contributed by atoms with Crippen LogP contribution < -0.4 is 0 Å². The van der Waals surface area contributed by atoms with E-state index in [1.165, 1.54) is 6.07 Å². The zero-order valence-corrected chi connectivity index (χ0v) is 11.4. The molecular formula is C15H12F3NO2. The summed E-state index contributed by atoms with van der Waals surface area (Å²) in [5.74, 6) is -3.57. The van der Waals surface area contributed by atoms with E-state index in [1.54, 1.807) is 6.92 Å². The molecule has 0 aliphatic rings. The Morgan fingerprint density at radius 2 is 1.81 bits per heavy atom. The maximum Gasteiger partial charge on any atom is 0.356 e. The SMILES string of the molecule is CCc1ccc(F)c(-c2nc(C(=O)OC)ccc2F)c1F. The number of nitrogens with zero attached hydrogens (tertiary/aromatic N) is 1. The van der Waals surface area contributed by atoms with Crippen molar-refractivity contribution >= 4 is 5.97 Å². The van der Waals surface area contributed by atoms with E-state index >= 15 is 0 Å². The molecule has 110 valence electrons. The highest BCUT2D eigenvalue weighted by molar-refractivity contribution is 5.87. The normalized spacial score (nSPS) is 10.5. The van der Waals surface area contributed by atoms with Crippen LogP contribution >= 0.6 is 0 Å². The van der Waals surface area contributed by atoms with Gasteiger partial charge in [-0.15, -0.1) is 0 Å². The van der Waals surface area contributed by atoms with Crippen molar-refractivity contribution in [3.8, 4) is 11.3 Å². The first-order chi connectivity index (χ1) is 9.99. The second-order valence-corrected chi connectivity index (χ2v) is 4.27. The molecule has 1 aromatic heterocycles. The van der Waals surface area contributed by atoms with E-state index in [1.807, 2.05) is 0 Å². The minimum Gasteiger partial charge on any atom is -0.464 e. The first-order valence-electron chi connectivity index (χ1n) is 6.21. The molecule has 0 aliphatic heterocycles. The van der Waals surface area contributed by atoms with Gasteiger partial charge in [0.2, 0.25) is 0 Å². The fourth-order valence-electron chi connectivity index (χ4n) is 1.92. The smallest absolute Gasteiger partial charge is 0.356 e. The molecule has 21 heavy (non-hydrogen) atoms. The molecule has 0 saturated heterocycles. The molecule has 2 rings (SSSR count). The van der Waals surface area contributed by atoms with E-state index < -0.39 is 34.7 Å². The monoisotopic (exact) mass is 295 g/mol. The molecule has 0 unspecified atom stereocenters. The van der Waals surface area contributed by atoms with Gasteiger partial charge >= 0.3 is 5.97 Å². The van der Waals surface area contributed by atoms with Crippen LogP contribution in [0.2, 0.25) is 0 Å². The number of carbonyl (C=O) groups is 1. The van der Waals surface area contributed by atoms with Crippen LogP contribution in [0.3, 0.4) is 0 Å². The molecule has 0 amide bonds. The van der Waals surface area contributed by atoms with Crippen LogP contribution in [-0.2, 0) is 11.2 Å². The molecular weight excluding hydrogens is 283 g/mol. The number of benzene rings is 1. The maximum absolute atomic E-state index is 14.3. The zero-order valence-electron chi connectivity index (χ0n) is 11.4. The molecule has 1 heterocycles. The first kappa shape index (κ1) is 15.0. The Labute approximate surface area is 119 Å². The van der Waals surface area contributed by atoms with Gasteiger partial charge < -0.3 is 4.74 Å². The number of aromatic nitrogens is 1. The molecule has 1 aromatic carbocycles. The van der Waals surface area contributed by atoms with Crippen LogP contribution in [-0.4, -0.2) is 18.1 Å². The Bertz CT molecular complexity index is 702. The zero-order chi connectivity index (χ0) is 15.6. The van der Waals surface area contributed by atoms with E-state index in [4.69, 9.17) is 0 Å². The lowest BCUT2D eigenvalue weighted by molar-refractivity contribution is 0.0594. The van der Waals surface area contributed by atoms with Crippen molar-refractivity contribution in [1.82, 2.24) is 4.98 Å². The summed E-state index contributed by atoms with van der Waals surface area (Å²) in [5.41, 5.74) is -1.13. The lowest BCUT2D eigenvalue weighted by Crippen LogP contribution is -2.07. The van der Waals surface area contributed by atoms with Crippen molar-refractivity contribution in [1.29, 1.82) is 0 Å². The van der Waals surface area contributed by atoms with Crippen molar-refractivity contribution < 1.29 is 22.7 Å². The summed E-state index contributed by atoms with van der Waals surface area (Å²) in [6.07, 6.45) is 0.317. The number of methoxy groups -OCH3 is 1. The number of rotatable bonds is 3. The highest BCUT2D eigenvalue weighted by Crippen LogP contribution is 2.29. The molecule has 0 aliphatic carbocycles. The quantitative estimate of drug-likeness (QED) is 0.813. The third kappa shape index (κ3) is 2.74. The number of hydrogen-bond acceptors (Lipinski definition) is 3. The van der Waals surface area contributed by atoms with Gasteiger partial charge in [-0.1, -0.05) is 13.0 Å². The third-order valence-corrected chi connectivity index (χ3v) is 3.03. The van der Waals surface area contributed by atoms with E-state index in [9.17, 15) is 18.0 Å². The number of aryl methyl sites for hydroxylation is 1. The van der Waals surface area contributed by atoms with Gasteiger partial charge in [0.1, 0.15) is 28.8 Å². The highest BCUT2D eigenvalue weighted by atomic mass is 19.1. The molecule has 3 nitrogen and oxygen atoms in total. The second kappa shape index (κ2) is 5.95. The van der Waals surface area contributed by atoms with Crippen LogP contribution in [0.1, 0.15) is 23.0 Å². The van der Waals surface area contributed by atoms with Crippen LogP contribution in [0.5, 0.6) is 0 Å². The highest BCUT2D eigenvalue weighted by Gasteiger charge is 2.21. The molecule has 0 bridgehead atoms. The van der Waals surface area contributed by atoms with Gasteiger partial charge in [-0.2, -0.15) is 0 Å². The van der Waals surface area contributed by atoms with Gasteiger partial charge in [0, 0.05) is 0 Å². The molecule has 2 aromatic rings. The average Bonchev–Trinajstić information content (AvgIpc) is 2.48. The Balaban J connectivity index is 2.69. The van der Waals surface area contributed by atoms with Gasteiger partial charge in [0.25, 0.3) is 0 Å². The van der Waals surface area contributed by atoms with E-state index in [0.29, 0.717) is 6.42 Å². The summed E-state index contributed by atoms with van der Waals surface area (Å²) >= 11 is 0. The van der Waals surface area contributed by atoms with Crippen LogP contribution in [0, 0.1) is 17.5 Å². The standard InChI is InChI=1S/C15H12F3NO2/c1-3-8-4-5-9(16)12(13(8)18)14-10(17)6-7-11(19-14)15(20)21-2/h4-7H,3H2,1-2H3. The van der Waals surface area contributed by atoms with Gasteiger partial charge in [0.15, 0.2) is 0 Å². The summed E-state index contributed by atoms with van der Waals surface area (Å²) in [6.45, 7) is 1.69. The Morgan fingerprint density at radius 1 is 1.14 bits per heavy atom. The number of hydrogen-bond donors (Lipinski definition) is 0. The summed E-state index contributed by atoms with van der Waals surface area (Å²) < 4.78 is 46.5. The van der Waals surface area contributed by atoms with Crippen molar-refractivity contribution in [2.24, 2.45) is 0 Å². The van der Waals surface area contributed by atoms with Gasteiger partial charge in [-0.25, -0.2) is 22.9 Å². The van der Waals surface area contributed by atoms with Crippen molar-refractivity contribution in [3.63, 3.8) is 0 Å². The van der Waals surface area contributed by atoms with Crippen LogP contribution in [0.4, 0.5) is 13.2 Å². The number of carbonyl (C=O) groups excluding carboxylic acids is 1. The first-order valence-corrected chi connectivity index (χ1v) is 6.21. The summed E-state index contributed by atoms with van der Waals surface area (Å²) in [5, 5.41) is 0. The van der Waals surface area contributed by atoms with Gasteiger partial charge in [-0.3, -0.25) is 0 Å². The Morgan fingerprint density at radius 3 is 2.43 bits per heavy atom. The Kier molecular flexibility index (Phi) is 4.26.